The molecule has 0 atom stereocenters. The Balaban J connectivity index is 1.57. The molecule has 1 amide bonds. The Morgan fingerprint density at radius 2 is 2.05 bits per heavy atom. The largest absolute Gasteiger partial charge is 0.388 e. The number of hydrogen-bond donors (Lipinski definition) is 2. The molecule has 0 radical (unpaired) electrons. The van der Waals surface area contributed by atoms with Crippen molar-refractivity contribution in [3.63, 3.8) is 0 Å². The van der Waals surface area contributed by atoms with E-state index >= 15 is 0 Å². The smallest absolute Gasteiger partial charge is 0.269 e. The van der Waals surface area contributed by atoms with Gasteiger partial charge in [0.15, 0.2) is 0 Å². The van der Waals surface area contributed by atoms with Gasteiger partial charge in [-0.1, -0.05) is 0 Å². The van der Waals surface area contributed by atoms with Crippen LogP contribution in [-0.2, 0) is 0 Å². The second-order valence-electron chi connectivity index (χ2n) is 5.73. The fraction of sp³-hybridized carbons (Fsp3) is 0.600. The van der Waals surface area contributed by atoms with E-state index in [9.17, 15) is 4.79 Å². The molecule has 1 aromatic heterocycles. The lowest BCUT2D eigenvalue weighted by Gasteiger charge is -2.16. The summed E-state index contributed by atoms with van der Waals surface area (Å²) in [4.78, 5) is 16.2. The summed E-state index contributed by atoms with van der Waals surface area (Å²) in [6.45, 7) is 0.819. The molecule has 102 valence electrons. The molecular weight excluding hydrogens is 238 g/mol. The Morgan fingerprint density at radius 3 is 2.63 bits per heavy atom. The number of aromatic nitrogens is 1. The Morgan fingerprint density at radius 1 is 1.37 bits per heavy atom. The van der Waals surface area contributed by atoms with E-state index in [2.05, 4.69) is 15.6 Å². The average molecular weight is 259 g/mol. The molecular formula is C15H21N3O. The molecule has 2 N–H and O–H groups in total. The molecule has 0 spiro atoms. The van der Waals surface area contributed by atoms with Crippen LogP contribution in [0.5, 0.6) is 0 Å². The fourth-order valence-electron chi connectivity index (χ4n) is 2.78. The highest BCUT2D eigenvalue weighted by Crippen LogP contribution is 2.48. The third-order valence-electron chi connectivity index (χ3n) is 4.23. The van der Waals surface area contributed by atoms with Crippen molar-refractivity contribution >= 4 is 11.6 Å². The second kappa shape index (κ2) is 5.19. The summed E-state index contributed by atoms with van der Waals surface area (Å²) in [7, 11) is 1.84. The predicted molar refractivity (Wildman–Crippen MR) is 75.1 cm³/mol. The molecule has 19 heavy (non-hydrogen) atoms. The molecule has 1 aromatic rings. The number of anilines is 1. The van der Waals surface area contributed by atoms with Crippen LogP contribution in [0.3, 0.4) is 0 Å². The molecule has 4 heteroatoms. The maximum absolute atomic E-state index is 12.1. The van der Waals surface area contributed by atoms with Crippen LogP contribution in [0.2, 0.25) is 0 Å². The zero-order valence-corrected chi connectivity index (χ0v) is 11.4. The van der Waals surface area contributed by atoms with E-state index in [1.54, 1.807) is 12.3 Å². The molecule has 4 nitrogen and oxygen atoms in total. The lowest BCUT2D eigenvalue weighted by molar-refractivity contribution is 0.0938. The average Bonchev–Trinajstić information content (AvgIpc) is 3.31. The first-order valence-electron chi connectivity index (χ1n) is 7.20. The summed E-state index contributed by atoms with van der Waals surface area (Å²) in [6.07, 6.45) is 7.07. The SMILES string of the molecule is CNc1ccnc(C(=O)NCC(C2CC2)C2CC2)c1. The number of hydrogen-bond acceptors (Lipinski definition) is 3. The van der Waals surface area contributed by atoms with Crippen LogP contribution in [-0.4, -0.2) is 24.5 Å². The molecule has 2 aliphatic rings. The van der Waals surface area contributed by atoms with Crippen LogP contribution >= 0.6 is 0 Å². The van der Waals surface area contributed by atoms with Gasteiger partial charge < -0.3 is 10.6 Å². The lowest BCUT2D eigenvalue weighted by Crippen LogP contribution is -2.31. The summed E-state index contributed by atoms with van der Waals surface area (Å²) in [5.74, 6) is 2.38. The Bertz CT molecular complexity index is 454. The third-order valence-corrected chi connectivity index (χ3v) is 4.23. The summed E-state index contributed by atoms with van der Waals surface area (Å²) in [5, 5.41) is 6.09. The molecule has 1 heterocycles. The van der Waals surface area contributed by atoms with Gasteiger partial charge in [-0.2, -0.15) is 0 Å². The monoisotopic (exact) mass is 259 g/mol. The summed E-state index contributed by atoms with van der Waals surface area (Å²) < 4.78 is 0. The number of rotatable bonds is 6. The lowest BCUT2D eigenvalue weighted by atomic mass is 9.98. The molecule has 3 rings (SSSR count). The fourth-order valence-corrected chi connectivity index (χ4v) is 2.78. The van der Waals surface area contributed by atoms with Crippen molar-refractivity contribution in [2.45, 2.75) is 25.7 Å². The third kappa shape index (κ3) is 3.06. The topological polar surface area (TPSA) is 54.0 Å². The van der Waals surface area contributed by atoms with E-state index in [1.165, 1.54) is 25.7 Å². The predicted octanol–water partition coefficient (Wildman–Crippen LogP) is 2.29. The van der Waals surface area contributed by atoms with Gasteiger partial charge in [-0.3, -0.25) is 9.78 Å². The molecule has 0 aliphatic heterocycles. The Hall–Kier alpha value is -1.58. The number of carbonyl (C=O) groups is 1. The number of carbonyl (C=O) groups excluding carboxylic acids is 1. The second-order valence-corrected chi connectivity index (χ2v) is 5.73. The summed E-state index contributed by atoms with van der Waals surface area (Å²) in [5.41, 5.74) is 1.42. The highest BCUT2D eigenvalue weighted by atomic mass is 16.1. The molecule has 0 aromatic carbocycles. The zero-order chi connectivity index (χ0) is 13.2. The van der Waals surface area contributed by atoms with Crippen molar-refractivity contribution in [1.29, 1.82) is 0 Å². The van der Waals surface area contributed by atoms with Gasteiger partial charge in [0.25, 0.3) is 5.91 Å². The van der Waals surface area contributed by atoms with Crippen molar-refractivity contribution in [3.8, 4) is 0 Å². The highest BCUT2D eigenvalue weighted by molar-refractivity contribution is 5.93. The molecule has 0 bridgehead atoms. The van der Waals surface area contributed by atoms with Crippen molar-refractivity contribution in [2.24, 2.45) is 17.8 Å². The van der Waals surface area contributed by atoms with E-state index in [0.29, 0.717) is 11.6 Å². The van der Waals surface area contributed by atoms with Crippen LogP contribution in [0.1, 0.15) is 36.2 Å². The normalized spacial score (nSPS) is 18.4. The van der Waals surface area contributed by atoms with Crippen molar-refractivity contribution in [1.82, 2.24) is 10.3 Å². The van der Waals surface area contributed by atoms with E-state index in [1.807, 2.05) is 13.1 Å². The molecule has 2 aliphatic carbocycles. The summed E-state index contributed by atoms with van der Waals surface area (Å²) in [6, 6.07) is 3.65. The van der Waals surface area contributed by atoms with Gasteiger partial charge in [0, 0.05) is 25.5 Å². The van der Waals surface area contributed by atoms with E-state index in [0.717, 1.165) is 24.1 Å². The number of pyridine rings is 1. The first-order valence-corrected chi connectivity index (χ1v) is 7.20. The van der Waals surface area contributed by atoms with E-state index < -0.39 is 0 Å². The van der Waals surface area contributed by atoms with Gasteiger partial charge in [0.1, 0.15) is 5.69 Å². The quantitative estimate of drug-likeness (QED) is 0.824. The molecule has 2 fully saturated rings. The van der Waals surface area contributed by atoms with Crippen molar-refractivity contribution in [3.05, 3.63) is 24.0 Å². The van der Waals surface area contributed by atoms with Crippen LogP contribution in [0.4, 0.5) is 5.69 Å². The van der Waals surface area contributed by atoms with Gasteiger partial charge in [0.2, 0.25) is 0 Å². The minimum absolute atomic E-state index is 0.0524. The Labute approximate surface area is 114 Å². The van der Waals surface area contributed by atoms with Crippen LogP contribution in [0.15, 0.2) is 18.3 Å². The van der Waals surface area contributed by atoms with E-state index in [4.69, 9.17) is 0 Å². The zero-order valence-electron chi connectivity index (χ0n) is 11.4. The van der Waals surface area contributed by atoms with Gasteiger partial charge in [0.05, 0.1) is 0 Å². The van der Waals surface area contributed by atoms with Crippen molar-refractivity contribution in [2.75, 3.05) is 18.9 Å². The van der Waals surface area contributed by atoms with Gasteiger partial charge in [-0.05, 0) is 55.6 Å². The minimum Gasteiger partial charge on any atom is -0.388 e. The van der Waals surface area contributed by atoms with Crippen molar-refractivity contribution < 1.29 is 4.79 Å². The van der Waals surface area contributed by atoms with Crippen LogP contribution in [0.25, 0.3) is 0 Å². The standard InChI is InChI=1S/C15H21N3O/c1-16-12-6-7-17-14(8-12)15(19)18-9-13(10-2-3-10)11-4-5-11/h6-8,10-11,13H,2-5,9H2,1H3,(H,16,17)(H,18,19). The number of nitrogens with one attached hydrogen (secondary N) is 2. The maximum Gasteiger partial charge on any atom is 0.269 e. The van der Waals surface area contributed by atoms with Gasteiger partial charge in [-0.25, -0.2) is 0 Å². The van der Waals surface area contributed by atoms with E-state index in [-0.39, 0.29) is 5.91 Å². The number of nitrogens with zero attached hydrogens (tertiary/aromatic N) is 1. The highest BCUT2D eigenvalue weighted by Gasteiger charge is 2.41. The maximum atomic E-state index is 12.1. The number of amides is 1. The summed E-state index contributed by atoms with van der Waals surface area (Å²) >= 11 is 0. The van der Waals surface area contributed by atoms with Gasteiger partial charge in [-0.15, -0.1) is 0 Å². The molecule has 0 saturated heterocycles. The molecule has 0 unspecified atom stereocenters. The molecule has 2 saturated carbocycles. The first-order chi connectivity index (χ1) is 9.28. The van der Waals surface area contributed by atoms with Crippen LogP contribution < -0.4 is 10.6 Å². The minimum atomic E-state index is -0.0524. The van der Waals surface area contributed by atoms with Gasteiger partial charge >= 0.3 is 0 Å². The van der Waals surface area contributed by atoms with Crippen LogP contribution in [0, 0.1) is 17.8 Å². The Kier molecular flexibility index (Phi) is 3.40. The first kappa shape index (κ1) is 12.5.